The van der Waals surface area contributed by atoms with Gasteiger partial charge in [-0.25, -0.2) is 4.79 Å². The van der Waals surface area contributed by atoms with Gasteiger partial charge < -0.3 is 9.84 Å². The van der Waals surface area contributed by atoms with Crippen LogP contribution < -0.4 is 11.2 Å². The topological polar surface area (TPSA) is 84.3 Å². The molecule has 0 unspecified atom stereocenters. The van der Waals surface area contributed by atoms with E-state index in [-0.39, 0.29) is 31.4 Å². The van der Waals surface area contributed by atoms with E-state index in [9.17, 15) is 9.59 Å². The fraction of sp³-hybridized carbons (Fsp3) is 0.375. The Labute approximate surface area is 138 Å². The minimum absolute atomic E-state index is 0.0228. The molecule has 1 aromatic carbocycles. The van der Waals surface area contributed by atoms with Crippen LogP contribution in [0.15, 0.2) is 49.8 Å². The van der Waals surface area contributed by atoms with Crippen molar-refractivity contribution in [1.29, 1.82) is 0 Å². The number of rotatable bonds is 7. The Bertz CT molecular complexity index is 753. The van der Waals surface area contributed by atoms with E-state index < -0.39 is 5.69 Å². The molecule has 2 aromatic rings. The lowest BCUT2D eigenvalue weighted by atomic mass is 10.1. The normalized spacial score (nSPS) is 11.1. The van der Waals surface area contributed by atoms with Gasteiger partial charge in [-0.05, 0) is 18.1 Å². The molecule has 1 aromatic heterocycles. The fourth-order valence-electron chi connectivity index (χ4n) is 2.12. The van der Waals surface area contributed by atoms with Gasteiger partial charge in [-0.1, -0.05) is 43.8 Å². The van der Waals surface area contributed by atoms with Crippen molar-refractivity contribution in [2.45, 2.75) is 36.4 Å². The second kappa shape index (κ2) is 8.14. The van der Waals surface area contributed by atoms with E-state index >= 15 is 0 Å². The van der Waals surface area contributed by atoms with Gasteiger partial charge in [-0.2, -0.15) is 0 Å². The molecule has 2 N–H and O–H groups in total. The van der Waals surface area contributed by atoms with Crippen LogP contribution in [0.25, 0.3) is 0 Å². The lowest BCUT2D eigenvalue weighted by molar-refractivity contribution is 0.0410. The summed E-state index contributed by atoms with van der Waals surface area (Å²) in [6.45, 7) is 3.78. The number of nitrogens with zero attached hydrogens (tertiary/aromatic N) is 1. The Hall–Kier alpha value is -1.83. The van der Waals surface area contributed by atoms with Crippen molar-refractivity contribution in [1.82, 2.24) is 9.55 Å². The van der Waals surface area contributed by atoms with E-state index in [4.69, 9.17) is 9.84 Å². The van der Waals surface area contributed by atoms with E-state index in [0.717, 1.165) is 4.90 Å². The fourth-order valence-corrected chi connectivity index (χ4v) is 3.32. The number of hydrogen-bond donors (Lipinski definition) is 2. The number of aliphatic hydroxyl groups excluding tert-OH is 1. The lowest BCUT2D eigenvalue weighted by Gasteiger charge is -2.17. The van der Waals surface area contributed by atoms with Gasteiger partial charge in [0.25, 0.3) is 5.56 Å². The molecule has 124 valence electrons. The van der Waals surface area contributed by atoms with Gasteiger partial charge in [-0.3, -0.25) is 14.3 Å². The average molecular weight is 336 g/mol. The SMILES string of the molecule is CC(C)c1c(Sc2ccccc2)n(COCCO)c(=O)[nH]c1=O. The number of H-pyrrole nitrogens is 1. The summed E-state index contributed by atoms with van der Waals surface area (Å²) in [5.41, 5.74) is -0.344. The maximum atomic E-state index is 12.2. The van der Waals surface area contributed by atoms with E-state index in [1.54, 1.807) is 0 Å². The number of nitrogens with one attached hydrogen (secondary N) is 1. The van der Waals surface area contributed by atoms with Crippen LogP contribution in [-0.2, 0) is 11.5 Å². The van der Waals surface area contributed by atoms with Crippen molar-refractivity contribution >= 4 is 11.8 Å². The third-order valence-electron chi connectivity index (χ3n) is 3.18. The molecule has 6 nitrogen and oxygen atoms in total. The van der Waals surface area contributed by atoms with Gasteiger partial charge in [0.1, 0.15) is 6.73 Å². The zero-order chi connectivity index (χ0) is 16.8. The standard InChI is InChI=1S/C16H20N2O4S/c1-11(2)13-14(20)17-16(21)18(10-22-9-8-19)15(13)23-12-6-4-3-5-7-12/h3-7,11,19H,8-10H2,1-2H3,(H,17,20,21). The monoisotopic (exact) mass is 336 g/mol. The molecule has 0 aliphatic rings. The highest BCUT2D eigenvalue weighted by atomic mass is 32.2. The van der Waals surface area contributed by atoms with Crippen molar-refractivity contribution < 1.29 is 9.84 Å². The van der Waals surface area contributed by atoms with Gasteiger partial charge in [-0.15, -0.1) is 0 Å². The molecule has 7 heteroatoms. The zero-order valence-electron chi connectivity index (χ0n) is 13.1. The molecule has 0 aliphatic carbocycles. The first-order valence-corrected chi connectivity index (χ1v) is 8.14. The lowest BCUT2D eigenvalue weighted by Crippen LogP contribution is -2.35. The van der Waals surface area contributed by atoms with Gasteiger partial charge in [0.2, 0.25) is 0 Å². The molecular weight excluding hydrogens is 316 g/mol. The minimum Gasteiger partial charge on any atom is -0.394 e. The summed E-state index contributed by atoms with van der Waals surface area (Å²) < 4.78 is 6.67. The Morgan fingerprint density at radius 2 is 1.96 bits per heavy atom. The molecule has 0 amide bonds. The zero-order valence-corrected chi connectivity index (χ0v) is 13.9. The number of aromatic amines is 1. The highest BCUT2D eigenvalue weighted by molar-refractivity contribution is 7.99. The molecular formula is C16H20N2O4S. The predicted molar refractivity (Wildman–Crippen MR) is 89.0 cm³/mol. The number of ether oxygens (including phenoxy) is 1. The highest BCUT2D eigenvalue weighted by Gasteiger charge is 2.18. The van der Waals surface area contributed by atoms with Crippen LogP contribution in [0.2, 0.25) is 0 Å². The van der Waals surface area contributed by atoms with Crippen molar-refractivity contribution in [3.05, 3.63) is 56.7 Å². The van der Waals surface area contributed by atoms with Crippen LogP contribution in [-0.4, -0.2) is 27.9 Å². The Balaban J connectivity index is 2.53. The molecule has 0 radical (unpaired) electrons. The minimum atomic E-state index is -0.518. The molecule has 0 aliphatic heterocycles. The molecule has 0 saturated carbocycles. The van der Waals surface area contributed by atoms with Crippen molar-refractivity contribution in [2.75, 3.05) is 13.2 Å². The van der Waals surface area contributed by atoms with Crippen LogP contribution >= 0.6 is 11.8 Å². The molecule has 0 fully saturated rings. The Morgan fingerprint density at radius 3 is 2.57 bits per heavy atom. The van der Waals surface area contributed by atoms with Crippen molar-refractivity contribution in [3.63, 3.8) is 0 Å². The molecule has 0 saturated heterocycles. The van der Waals surface area contributed by atoms with Crippen LogP contribution in [0.3, 0.4) is 0 Å². The van der Waals surface area contributed by atoms with E-state index in [1.807, 2.05) is 44.2 Å². The maximum absolute atomic E-state index is 12.2. The molecule has 0 spiro atoms. The third kappa shape index (κ3) is 4.34. The first kappa shape index (κ1) is 17.5. The second-order valence-electron chi connectivity index (χ2n) is 5.24. The maximum Gasteiger partial charge on any atom is 0.331 e. The molecule has 2 rings (SSSR count). The van der Waals surface area contributed by atoms with Gasteiger partial charge in [0.05, 0.1) is 23.8 Å². The summed E-state index contributed by atoms with van der Waals surface area (Å²) in [5.74, 6) is -0.0466. The number of benzene rings is 1. The van der Waals surface area contributed by atoms with Crippen LogP contribution in [0.1, 0.15) is 25.3 Å². The van der Waals surface area contributed by atoms with E-state index in [0.29, 0.717) is 10.6 Å². The molecule has 1 heterocycles. The van der Waals surface area contributed by atoms with Crippen LogP contribution in [0.4, 0.5) is 0 Å². The molecule has 0 bridgehead atoms. The first-order valence-electron chi connectivity index (χ1n) is 7.33. The summed E-state index contributed by atoms with van der Waals surface area (Å²) in [7, 11) is 0. The number of hydrogen-bond acceptors (Lipinski definition) is 5. The quantitative estimate of drug-likeness (QED) is 0.595. The predicted octanol–water partition coefficient (Wildman–Crippen LogP) is 1.78. The number of aromatic nitrogens is 2. The molecule has 0 atom stereocenters. The summed E-state index contributed by atoms with van der Waals surface area (Å²) >= 11 is 1.36. The molecule has 23 heavy (non-hydrogen) atoms. The average Bonchev–Trinajstić information content (AvgIpc) is 2.50. The van der Waals surface area contributed by atoms with Gasteiger partial charge >= 0.3 is 5.69 Å². The first-order chi connectivity index (χ1) is 11.0. The van der Waals surface area contributed by atoms with Crippen molar-refractivity contribution in [3.8, 4) is 0 Å². The third-order valence-corrected chi connectivity index (χ3v) is 4.32. The van der Waals surface area contributed by atoms with E-state index in [2.05, 4.69) is 4.98 Å². The Morgan fingerprint density at radius 1 is 1.26 bits per heavy atom. The summed E-state index contributed by atoms with van der Waals surface area (Å²) in [6, 6.07) is 9.53. The summed E-state index contributed by atoms with van der Waals surface area (Å²) in [4.78, 5) is 27.6. The van der Waals surface area contributed by atoms with E-state index in [1.165, 1.54) is 16.3 Å². The smallest absolute Gasteiger partial charge is 0.331 e. The van der Waals surface area contributed by atoms with Crippen molar-refractivity contribution in [2.24, 2.45) is 0 Å². The van der Waals surface area contributed by atoms with Crippen LogP contribution in [0.5, 0.6) is 0 Å². The van der Waals surface area contributed by atoms with Crippen LogP contribution in [0, 0.1) is 0 Å². The van der Waals surface area contributed by atoms with Gasteiger partial charge in [0, 0.05) is 4.90 Å². The second-order valence-corrected chi connectivity index (χ2v) is 6.30. The summed E-state index contributed by atoms with van der Waals surface area (Å²) in [5, 5.41) is 9.40. The number of aliphatic hydroxyl groups is 1. The Kier molecular flexibility index (Phi) is 6.20. The highest BCUT2D eigenvalue weighted by Crippen LogP contribution is 2.31. The van der Waals surface area contributed by atoms with Gasteiger partial charge in [0.15, 0.2) is 0 Å². The summed E-state index contributed by atoms with van der Waals surface area (Å²) in [6.07, 6.45) is 0. The largest absolute Gasteiger partial charge is 0.394 e.